The molecule has 0 unspecified atom stereocenters. The van der Waals surface area contributed by atoms with Gasteiger partial charge in [0, 0.05) is 57.3 Å². The molecule has 9 heteroatoms. The van der Waals surface area contributed by atoms with Crippen LogP contribution in [0.3, 0.4) is 0 Å². The lowest BCUT2D eigenvalue weighted by atomic mass is 10.2. The van der Waals surface area contributed by atoms with Crippen LogP contribution in [0.4, 0.5) is 0 Å². The van der Waals surface area contributed by atoms with Crippen LogP contribution in [0.15, 0.2) is 48.7 Å². The lowest BCUT2D eigenvalue weighted by Gasteiger charge is -2.32. The first-order valence-electron chi connectivity index (χ1n) is 11.6. The molecule has 1 amide bonds. The number of fused-ring (bicyclic) bond motifs is 2. The number of likely N-dealkylation sites (N-methyl/N-ethyl adjacent to an activating group) is 1. The molecule has 9 nitrogen and oxygen atoms in total. The average Bonchev–Trinajstić information content (AvgIpc) is 3.42. The molecule has 0 spiro atoms. The fourth-order valence-corrected chi connectivity index (χ4v) is 4.41. The van der Waals surface area contributed by atoms with Crippen molar-refractivity contribution in [2.75, 3.05) is 46.3 Å². The zero-order chi connectivity index (χ0) is 22.6. The van der Waals surface area contributed by atoms with Gasteiger partial charge in [-0.3, -0.25) is 13.9 Å². The number of hydrogen-bond acceptors (Lipinski definition) is 6. The maximum absolute atomic E-state index is 13.0. The number of benzene rings is 1. The lowest BCUT2D eigenvalue weighted by Crippen LogP contribution is -2.44. The lowest BCUT2D eigenvalue weighted by molar-refractivity contribution is 0.0949. The summed E-state index contributed by atoms with van der Waals surface area (Å²) in [7, 11) is 2.17. The molecule has 1 aliphatic rings. The zero-order valence-corrected chi connectivity index (χ0v) is 19.0. The molecule has 0 atom stereocenters. The third kappa shape index (κ3) is 4.74. The number of para-hydroxylation sites is 1. The number of nitrogens with one attached hydrogen (secondary N) is 1. The molecule has 5 rings (SSSR count). The molecular formula is C24H30N8O. The number of nitrogens with zero attached hydrogens (tertiary/aromatic N) is 7. The number of rotatable bonds is 8. The van der Waals surface area contributed by atoms with Gasteiger partial charge in [0.15, 0.2) is 11.3 Å². The minimum Gasteiger partial charge on any atom is -0.350 e. The summed E-state index contributed by atoms with van der Waals surface area (Å²) in [6.45, 7) is 6.80. The molecule has 0 aliphatic carbocycles. The van der Waals surface area contributed by atoms with Gasteiger partial charge in [-0.15, -0.1) is 10.2 Å². The van der Waals surface area contributed by atoms with Gasteiger partial charge >= 0.3 is 0 Å². The number of pyridine rings is 1. The monoisotopic (exact) mass is 446 g/mol. The number of piperazine rings is 1. The van der Waals surface area contributed by atoms with Crippen molar-refractivity contribution in [2.24, 2.45) is 0 Å². The van der Waals surface area contributed by atoms with Crippen molar-refractivity contribution < 1.29 is 4.79 Å². The van der Waals surface area contributed by atoms with E-state index in [0.29, 0.717) is 18.7 Å². The molecule has 1 fully saturated rings. The molecule has 172 valence electrons. The summed E-state index contributed by atoms with van der Waals surface area (Å²) in [5.41, 5.74) is 2.29. The Kier molecular flexibility index (Phi) is 6.32. The van der Waals surface area contributed by atoms with Crippen LogP contribution in [-0.2, 0) is 13.0 Å². The molecule has 4 heterocycles. The van der Waals surface area contributed by atoms with Crippen molar-refractivity contribution in [1.29, 1.82) is 0 Å². The van der Waals surface area contributed by atoms with Gasteiger partial charge in [0.2, 0.25) is 0 Å². The molecule has 0 saturated carbocycles. The highest BCUT2D eigenvalue weighted by Gasteiger charge is 2.18. The van der Waals surface area contributed by atoms with Crippen LogP contribution in [0.25, 0.3) is 16.6 Å². The second-order valence-corrected chi connectivity index (χ2v) is 8.64. The Labute approximate surface area is 193 Å². The van der Waals surface area contributed by atoms with E-state index < -0.39 is 0 Å². The predicted molar refractivity (Wildman–Crippen MR) is 127 cm³/mol. The molecule has 0 radical (unpaired) electrons. The summed E-state index contributed by atoms with van der Waals surface area (Å²) in [5, 5.41) is 17.0. The van der Waals surface area contributed by atoms with Crippen molar-refractivity contribution in [3.8, 4) is 0 Å². The molecule has 1 saturated heterocycles. The SMILES string of the molecule is CN1CCN(CCCn2nc(C(=O)NCCc3nnc4ccccn34)c3ccccc32)CC1. The maximum atomic E-state index is 13.0. The number of hydrogen-bond donors (Lipinski definition) is 1. The fourth-order valence-electron chi connectivity index (χ4n) is 4.41. The zero-order valence-electron chi connectivity index (χ0n) is 19.0. The number of carbonyl (C=O) groups is 1. The van der Waals surface area contributed by atoms with E-state index in [-0.39, 0.29) is 5.91 Å². The molecule has 4 aromatic rings. The summed E-state index contributed by atoms with van der Waals surface area (Å²) in [6.07, 6.45) is 3.54. The third-order valence-electron chi connectivity index (χ3n) is 6.33. The van der Waals surface area contributed by atoms with E-state index >= 15 is 0 Å². The number of carbonyl (C=O) groups excluding carboxylic acids is 1. The van der Waals surface area contributed by atoms with Crippen LogP contribution in [-0.4, -0.2) is 86.4 Å². The summed E-state index contributed by atoms with van der Waals surface area (Å²) < 4.78 is 3.92. The standard InChI is InChI=1S/C24H30N8O/c1-29-15-17-30(18-16-29)12-6-14-32-20-8-3-2-7-19(20)23(28-32)24(33)25-11-10-22-27-26-21-9-4-5-13-31(21)22/h2-5,7-9,13H,6,10-12,14-18H2,1H3,(H,25,33). The topological polar surface area (TPSA) is 83.6 Å². The molecule has 1 N–H and O–H groups in total. The molecule has 1 aliphatic heterocycles. The third-order valence-corrected chi connectivity index (χ3v) is 6.33. The van der Waals surface area contributed by atoms with Crippen LogP contribution < -0.4 is 5.32 Å². The second-order valence-electron chi connectivity index (χ2n) is 8.64. The Morgan fingerprint density at radius 2 is 1.82 bits per heavy atom. The summed E-state index contributed by atoms with van der Waals surface area (Å²) >= 11 is 0. The minimum absolute atomic E-state index is 0.155. The number of amides is 1. The molecule has 1 aromatic carbocycles. The highest BCUT2D eigenvalue weighted by atomic mass is 16.1. The van der Waals surface area contributed by atoms with E-state index in [4.69, 9.17) is 5.10 Å². The predicted octanol–water partition coefficient (Wildman–Crippen LogP) is 1.69. The van der Waals surface area contributed by atoms with Gasteiger partial charge in [0.1, 0.15) is 5.82 Å². The first-order valence-corrected chi connectivity index (χ1v) is 11.6. The molecule has 3 aromatic heterocycles. The number of aryl methyl sites for hydroxylation is 1. The number of aromatic nitrogens is 5. The Hall–Kier alpha value is -3.30. The van der Waals surface area contributed by atoms with Crippen LogP contribution in [0.2, 0.25) is 0 Å². The summed E-state index contributed by atoms with van der Waals surface area (Å²) in [4.78, 5) is 17.8. The van der Waals surface area contributed by atoms with Gasteiger partial charge in [-0.25, -0.2) is 0 Å². The van der Waals surface area contributed by atoms with Crippen LogP contribution in [0.5, 0.6) is 0 Å². The second kappa shape index (κ2) is 9.68. The average molecular weight is 447 g/mol. The van der Waals surface area contributed by atoms with Crippen molar-refractivity contribution >= 4 is 22.5 Å². The molecule has 0 bridgehead atoms. The summed E-state index contributed by atoms with van der Waals surface area (Å²) in [6, 6.07) is 13.8. The first kappa shape index (κ1) is 21.5. The van der Waals surface area contributed by atoms with E-state index in [2.05, 4.69) is 32.4 Å². The Morgan fingerprint density at radius 3 is 2.70 bits per heavy atom. The fraction of sp³-hybridized carbons (Fsp3) is 0.417. The van der Waals surface area contributed by atoms with Crippen LogP contribution in [0.1, 0.15) is 22.7 Å². The van der Waals surface area contributed by atoms with Crippen molar-refractivity contribution in [3.05, 3.63) is 60.2 Å². The van der Waals surface area contributed by atoms with Gasteiger partial charge < -0.3 is 15.1 Å². The van der Waals surface area contributed by atoms with Crippen molar-refractivity contribution in [2.45, 2.75) is 19.4 Å². The van der Waals surface area contributed by atoms with Gasteiger partial charge in [0.25, 0.3) is 5.91 Å². The van der Waals surface area contributed by atoms with Crippen molar-refractivity contribution in [1.82, 2.24) is 39.5 Å². The van der Waals surface area contributed by atoms with E-state index in [1.807, 2.05) is 57.7 Å². The smallest absolute Gasteiger partial charge is 0.272 e. The van der Waals surface area contributed by atoms with E-state index in [9.17, 15) is 4.79 Å². The van der Waals surface area contributed by atoms with Gasteiger partial charge in [0.05, 0.1) is 5.52 Å². The van der Waals surface area contributed by atoms with Gasteiger partial charge in [-0.1, -0.05) is 24.3 Å². The maximum Gasteiger partial charge on any atom is 0.272 e. The first-order chi connectivity index (χ1) is 16.2. The van der Waals surface area contributed by atoms with Gasteiger partial charge in [-0.05, 0) is 38.2 Å². The minimum atomic E-state index is -0.155. The highest BCUT2D eigenvalue weighted by Crippen LogP contribution is 2.19. The Balaban J connectivity index is 1.21. The van der Waals surface area contributed by atoms with E-state index in [1.165, 1.54) is 0 Å². The van der Waals surface area contributed by atoms with Gasteiger partial charge in [-0.2, -0.15) is 5.10 Å². The summed E-state index contributed by atoms with van der Waals surface area (Å²) in [5.74, 6) is 0.669. The van der Waals surface area contributed by atoms with Crippen molar-refractivity contribution in [3.63, 3.8) is 0 Å². The molecule has 33 heavy (non-hydrogen) atoms. The highest BCUT2D eigenvalue weighted by molar-refractivity contribution is 6.04. The van der Waals surface area contributed by atoms with Crippen LogP contribution in [0, 0.1) is 0 Å². The Morgan fingerprint density at radius 1 is 1.00 bits per heavy atom. The normalized spacial score (nSPS) is 15.4. The quantitative estimate of drug-likeness (QED) is 0.444. The largest absolute Gasteiger partial charge is 0.350 e. The van der Waals surface area contributed by atoms with Crippen LogP contribution >= 0.6 is 0 Å². The Bertz CT molecular complexity index is 1240. The molecular weight excluding hydrogens is 416 g/mol. The van der Waals surface area contributed by atoms with E-state index in [1.54, 1.807) is 0 Å². The van der Waals surface area contributed by atoms with E-state index in [0.717, 1.165) is 68.1 Å².